The summed E-state index contributed by atoms with van der Waals surface area (Å²) in [5, 5.41) is 3.52. The Morgan fingerprint density at radius 1 is 0.977 bits per heavy atom. The fourth-order valence-corrected chi connectivity index (χ4v) is 6.86. The fraction of sp³-hybridized carbons (Fsp3) is 0.394. The molecule has 1 aliphatic carbocycles. The highest BCUT2D eigenvalue weighted by Crippen LogP contribution is 2.33. The Bertz CT molecular complexity index is 1510. The third kappa shape index (κ3) is 8.09. The van der Waals surface area contributed by atoms with Crippen molar-refractivity contribution in [3.05, 3.63) is 88.9 Å². The minimum atomic E-state index is -4.24. The van der Waals surface area contributed by atoms with E-state index in [1.54, 1.807) is 38.1 Å². The molecule has 0 saturated heterocycles. The average Bonchev–Trinajstić information content (AvgIpc) is 3.00. The van der Waals surface area contributed by atoms with E-state index in [9.17, 15) is 18.0 Å². The normalized spacial score (nSPS) is 14.5. The van der Waals surface area contributed by atoms with Crippen LogP contribution in [-0.2, 0) is 26.2 Å². The van der Waals surface area contributed by atoms with Crippen LogP contribution in [0.2, 0.25) is 5.02 Å². The molecule has 3 aromatic rings. The molecule has 1 N–H and O–H groups in total. The zero-order valence-corrected chi connectivity index (χ0v) is 26.5. The van der Waals surface area contributed by atoms with Crippen LogP contribution in [0.1, 0.15) is 57.1 Å². The molecule has 8 nitrogen and oxygen atoms in total. The second-order valence-electron chi connectivity index (χ2n) is 10.8. The van der Waals surface area contributed by atoms with Gasteiger partial charge in [0.25, 0.3) is 10.0 Å². The standard InChI is InChI=1S/C33H40ClN3O5S/c1-4-42-31-17-11-10-16-30(31)37(43(40,41)29-20-18-27(34)19-21-29)23-32(38)36(22-26-13-9-8-12-24(26)2)25(3)33(39)35-28-14-6-5-7-15-28/h8-13,16-21,25,28H,4-7,14-15,22-23H2,1-3H3,(H,35,39)/t25-/m0/s1. The Morgan fingerprint density at radius 3 is 2.30 bits per heavy atom. The van der Waals surface area contributed by atoms with Crippen LogP contribution in [0.5, 0.6) is 5.75 Å². The number of hydrogen-bond donors (Lipinski definition) is 1. The molecule has 230 valence electrons. The predicted octanol–water partition coefficient (Wildman–Crippen LogP) is 6.11. The highest BCUT2D eigenvalue weighted by Gasteiger charge is 2.34. The van der Waals surface area contributed by atoms with Gasteiger partial charge in [0.2, 0.25) is 11.8 Å². The van der Waals surface area contributed by atoms with Crippen molar-refractivity contribution < 1.29 is 22.7 Å². The predicted molar refractivity (Wildman–Crippen MR) is 170 cm³/mol. The maximum atomic E-state index is 14.3. The number of para-hydroxylation sites is 2. The lowest BCUT2D eigenvalue weighted by Crippen LogP contribution is -2.53. The van der Waals surface area contributed by atoms with E-state index in [0.717, 1.165) is 47.5 Å². The lowest BCUT2D eigenvalue weighted by Gasteiger charge is -2.33. The average molecular weight is 626 g/mol. The van der Waals surface area contributed by atoms with Crippen molar-refractivity contribution in [2.75, 3.05) is 17.5 Å². The van der Waals surface area contributed by atoms with Crippen LogP contribution < -0.4 is 14.4 Å². The Morgan fingerprint density at radius 2 is 1.63 bits per heavy atom. The van der Waals surface area contributed by atoms with Gasteiger partial charge >= 0.3 is 0 Å². The maximum Gasteiger partial charge on any atom is 0.264 e. The molecule has 1 fully saturated rings. The monoisotopic (exact) mass is 625 g/mol. The first-order valence-corrected chi connectivity index (χ1v) is 16.6. The van der Waals surface area contributed by atoms with Gasteiger partial charge in [-0.1, -0.05) is 67.3 Å². The Balaban J connectivity index is 1.72. The summed E-state index contributed by atoms with van der Waals surface area (Å²) in [5.41, 5.74) is 2.06. The van der Waals surface area contributed by atoms with Gasteiger partial charge in [-0.3, -0.25) is 13.9 Å². The van der Waals surface area contributed by atoms with Gasteiger partial charge in [0, 0.05) is 17.6 Å². The van der Waals surface area contributed by atoms with Gasteiger partial charge in [0.05, 0.1) is 17.2 Å². The zero-order chi connectivity index (χ0) is 31.0. The molecule has 4 rings (SSSR count). The molecule has 0 aliphatic heterocycles. The van der Waals surface area contributed by atoms with Crippen molar-refractivity contribution in [3.8, 4) is 5.75 Å². The second-order valence-corrected chi connectivity index (χ2v) is 13.1. The molecule has 0 radical (unpaired) electrons. The molecule has 1 aliphatic rings. The maximum absolute atomic E-state index is 14.3. The molecule has 43 heavy (non-hydrogen) atoms. The second kappa shape index (κ2) is 14.8. The number of benzene rings is 3. The number of nitrogens with one attached hydrogen (secondary N) is 1. The van der Waals surface area contributed by atoms with Crippen molar-refractivity contribution in [1.29, 1.82) is 0 Å². The van der Waals surface area contributed by atoms with Gasteiger partial charge < -0.3 is 15.0 Å². The van der Waals surface area contributed by atoms with Crippen molar-refractivity contribution in [2.24, 2.45) is 0 Å². The number of ether oxygens (including phenoxy) is 1. The van der Waals surface area contributed by atoms with Gasteiger partial charge in [-0.05, 0) is 81.1 Å². The van der Waals surface area contributed by atoms with E-state index in [2.05, 4.69) is 5.32 Å². The number of sulfonamides is 1. The number of halogens is 1. The molecule has 0 unspecified atom stereocenters. The number of anilines is 1. The molecule has 0 aromatic heterocycles. The summed E-state index contributed by atoms with van der Waals surface area (Å²) in [6, 6.07) is 19.4. The van der Waals surface area contributed by atoms with Crippen LogP contribution in [0.15, 0.2) is 77.7 Å². The van der Waals surface area contributed by atoms with E-state index < -0.39 is 28.5 Å². The number of carbonyl (C=O) groups excluding carboxylic acids is 2. The Kier molecular flexibility index (Phi) is 11.1. The van der Waals surface area contributed by atoms with Crippen molar-refractivity contribution in [3.63, 3.8) is 0 Å². The van der Waals surface area contributed by atoms with E-state index in [-0.39, 0.29) is 29.1 Å². The van der Waals surface area contributed by atoms with Gasteiger partial charge in [-0.25, -0.2) is 8.42 Å². The molecule has 0 spiro atoms. The molecule has 1 saturated carbocycles. The highest BCUT2D eigenvalue weighted by atomic mass is 35.5. The Labute approximate surface area is 260 Å². The van der Waals surface area contributed by atoms with Crippen LogP contribution in [0, 0.1) is 6.92 Å². The zero-order valence-electron chi connectivity index (χ0n) is 25.0. The van der Waals surface area contributed by atoms with Crippen LogP contribution in [0.4, 0.5) is 5.69 Å². The number of amides is 2. The number of hydrogen-bond acceptors (Lipinski definition) is 5. The number of carbonyl (C=O) groups is 2. The van der Waals surface area contributed by atoms with E-state index in [1.165, 1.54) is 29.2 Å². The van der Waals surface area contributed by atoms with Gasteiger partial charge in [-0.2, -0.15) is 0 Å². The SMILES string of the molecule is CCOc1ccccc1N(CC(=O)N(Cc1ccccc1C)[C@@H](C)C(=O)NC1CCCCC1)S(=O)(=O)c1ccc(Cl)cc1. The molecule has 0 heterocycles. The van der Waals surface area contributed by atoms with Gasteiger partial charge in [0.15, 0.2) is 0 Å². The van der Waals surface area contributed by atoms with Gasteiger partial charge in [-0.15, -0.1) is 0 Å². The summed E-state index contributed by atoms with van der Waals surface area (Å²) in [6.45, 7) is 5.35. The quantitative estimate of drug-likeness (QED) is 0.262. The van der Waals surface area contributed by atoms with Crippen LogP contribution in [0.3, 0.4) is 0 Å². The lowest BCUT2D eigenvalue weighted by atomic mass is 9.95. The topological polar surface area (TPSA) is 96.0 Å². The molecular formula is C33H40ClN3O5S. The van der Waals surface area contributed by atoms with Crippen molar-refractivity contribution in [2.45, 2.75) is 76.4 Å². The van der Waals surface area contributed by atoms with Crippen molar-refractivity contribution in [1.82, 2.24) is 10.2 Å². The van der Waals surface area contributed by atoms with Crippen LogP contribution >= 0.6 is 11.6 Å². The van der Waals surface area contributed by atoms with E-state index in [4.69, 9.17) is 16.3 Å². The molecule has 0 bridgehead atoms. The smallest absolute Gasteiger partial charge is 0.264 e. The summed E-state index contributed by atoms with van der Waals surface area (Å²) in [7, 11) is -4.24. The minimum Gasteiger partial charge on any atom is -0.492 e. The summed E-state index contributed by atoms with van der Waals surface area (Å²) in [5.74, 6) is -0.446. The largest absolute Gasteiger partial charge is 0.492 e. The highest BCUT2D eigenvalue weighted by molar-refractivity contribution is 7.92. The summed E-state index contributed by atoms with van der Waals surface area (Å²) < 4.78 is 35.1. The van der Waals surface area contributed by atoms with E-state index in [0.29, 0.717) is 17.4 Å². The van der Waals surface area contributed by atoms with E-state index in [1.807, 2.05) is 31.2 Å². The number of aryl methyl sites for hydroxylation is 1. The minimum absolute atomic E-state index is 0.0236. The molecule has 1 atom stereocenters. The molecule has 3 aromatic carbocycles. The summed E-state index contributed by atoms with van der Waals surface area (Å²) >= 11 is 6.05. The van der Waals surface area contributed by atoms with Crippen LogP contribution in [0.25, 0.3) is 0 Å². The molecule has 10 heteroatoms. The van der Waals surface area contributed by atoms with Gasteiger partial charge in [0.1, 0.15) is 18.3 Å². The lowest BCUT2D eigenvalue weighted by molar-refractivity contribution is -0.139. The molecular weight excluding hydrogens is 586 g/mol. The molecule has 2 amide bonds. The first-order chi connectivity index (χ1) is 20.6. The third-order valence-corrected chi connectivity index (χ3v) is 9.86. The van der Waals surface area contributed by atoms with E-state index >= 15 is 0 Å². The third-order valence-electron chi connectivity index (χ3n) is 7.84. The number of rotatable bonds is 12. The summed E-state index contributed by atoms with van der Waals surface area (Å²) in [6.07, 6.45) is 5.09. The summed E-state index contributed by atoms with van der Waals surface area (Å²) in [4.78, 5) is 29.2. The first-order valence-electron chi connectivity index (χ1n) is 14.8. The Hall–Kier alpha value is -3.56. The fourth-order valence-electron chi connectivity index (χ4n) is 5.31. The van der Waals surface area contributed by atoms with Crippen LogP contribution in [-0.4, -0.2) is 50.4 Å². The van der Waals surface area contributed by atoms with Crippen molar-refractivity contribution >= 4 is 39.1 Å². The first kappa shape index (κ1) is 32.4. The number of nitrogens with zero attached hydrogens (tertiary/aromatic N) is 2.